The zero-order valence-corrected chi connectivity index (χ0v) is 18.5. The van der Waals surface area contributed by atoms with E-state index in [1.165, 1.54) is 23.2 Å². The molecular weight excluding hydrogens is 463 g/mol. The van der Waals surface area contributed by atoms with Gasteiger partial charge in [0.25, 0.3) is 5.56 Å². The summed E-state index contributed by atoms with van der Waals surface area (Å²) < 4.78 is 48.6. The van der Waals surface area contributed by atoms with Crippen molar-refractivity contribution in [2.75, 3.05) is 19.8 Å². The number of aliphatic hydroxyl groups is 1. The van der Waals surface area contributed by atoms with Crippen molar-refractivity contribution in [2.24, 2.45) is 0 Å². The van der Waals surface area contributed by atoms with Crippen molar-refractivity contribution >= 4 is 21.7 Å². The van der Waals surface area contributed by atoms with E-state index in [2.05, 4.69) is 14.7 Å². The van der Waals surface area contributed by atoms with Crippen LogP contribution in [0.5, 0.6) is 5.88 Å². The molecular formula is C25H22F3N3O4. The fraction of sp³-hybridized carbons (Fsp3) is 0.320. The van der Waals surface area contributed by atoms with Crippen LogP contribution in [0.3, 0.4) is 0 Å². The average Bonchev–Trinajstić information content (AvgIpc) is 2.84. The van der Waals surface area contributed by atoms with Crippen molar-refractivity contribution in [3.8, 4) is 5.88 Å². The molecule has 2 aromatic carbocycles. The minimum atomic E-state index is -4.44. The second-order valence-corrected chi connectivity index (χ2v) is 8.52. The molecule has 0 bridgehead atoms. The Morgan fingerprint density at radius 2 is 1.91 bits per heavy atom. The minimum absolute atomic E-state index is 0.114. The SMILES string of the molecule is O=c1c2cc(Cc3ccc(OCC(F)(F)F)nc3)c3ccccc3c2ncn1[C@H]1CCOC[C@@H]1O. The van der Waals surface area contributed by atoms with Gasteiger partial charge in [0.1, 0.15) is 0 Å². The van der Waals surface area contributed by atoms with Gasteiger partial charge in [-0.3, -0.25) is 9.36 Å². The second-order valence-electron chi connectivity index (χ2n) is 8.52. The van der Waals surface area contributed by atoms with Crippen molar-refractivity contribution in [3.63, 3.8) is 0 Å². The number of hydrogen-bond donors (Lipinski definition) is 1. The molecule has 1 saturated heterocycles. The summed E-state index contributed by atoms with van der Waals surface area (Å²) >= 11 is 0. The van der Waals surface area contributed by atoms with Gasteiger partial charge in [-0.2, -0.15) is 13.2 Å². The van der Waals surface area contributed by atoms with E-state index < -0.39 is 24.9 Å². The molecule has 0 radical (unpaired) electrons. The van der Waals surface area contributed by atoms with Crippen molar-refractivity contribution in [2.45, 2.75) is 31.2 Å². The lowest BCUT2D eigenvalue weighted by molar-refractivity contribution is -0.154. The standard InChI is InChI=1S/C25H22F3N3O4/c26-25(27,28)13-35-22-6-5-15(11-29-22)9-16-10-19-23(18-4-2-1-3-17(16)18)30-14-31(24(19)33)20-7-8-34-12-21(20)32/h1-6,10-11,14,20-21,32H,7-9,12-13H2/t20-,21-/m0/s1. The highest BCUT2D eigenvalue weighted by molar-refractivity contribution is 6.06. The first-order chi connectivity index (χ1) is 16.8. The number of fused-ring (bicyclic) bond motifs is 3. The number of nitrogens with zero attached hydrogens (tertiary/aromatic N) is 3. The van der Waals surface area contributed by atoms with Crippen LogP contribution in [0.4, 0.5) is 13.2 Å². The van der Waals surface area contributed by atoms with Gasteiger partial charge in [-0.15, -0.1) is 0 Å². The highest BCUT2D eigenvalue weighted by atomic mass is 19.4. The molecule has 182 valence electrons. The molecule has 10 heteroatoms. The number of pyridine rings is 1. The lowest BCUT2D eigenvalue weighted by Gasteiger charge is -2.29. The van der Waals surface area contributed by atoms with E-state index in [1.807, 2.05) is 24.3 Å². The van der Waals surface area contributed by atoms with Gasteiger partial charge >= 0.3 is 6.18 Å². The topological polar surface area (TPSA) is 86.5 Å². The molecule has 5 rings (SSSR count). The van der Waals surface area contributed by atoms with Crippen molar-refractivity contribution < 1.29 is 27.8 Å². The summed E-state index contributed by atoms with van der Waals surface area (Å²) in [6, 6.07) is 12.0. The lowest BCUT2D eigenvalue weighted by atomic mass is 9.96. The zero-order valence-electron chi connectivity index (χ0n) is 18.5. The van der Waals surface area contributed by atoms with Crippen LogP contribution < -0.4 is 10.3 Å². The van der Waals surface area contributed by atoms with Crippen molar-refractivity contribution in [3.05, 3.63) is 76.5 Å². The number of aliphatic hydroxyl groups excluding tert-OH is 1. The van der Waals surface area contributed by atoms with Gasteiger partial charge in [0.15, 0.2) is 6.61 Å². The van der Waals surface area contributed by atoms with Crippen LogP contribution in [0.15, 0.2) is 59.8 Å². The first-order valence-corrected chi connectivity index (χ1v) is 11.1. The van der Waals surface area contributed by atoms with Gasteiger partial charge in [0, 0.05) is 24.3 Å². The molecule has 7 nitrogen and oxygen atoms in total. The number of aromatic nitrogens is 3. The van der Waals surface area contributed by atoms with Gasteiger partial charge in [-0.25, -0.2) is 9.97 Å². The molecule has 1 N–H and O–H groups in total. The minimum Gasteiger partial charge on any atom is -0.468 e. The molecule has 1 fully saturated rings. The molecule has 4 aromatic rings. The maximum Gasteiger partial charge on any atom is 0.422 e. The largest absolute Gasteiger partial charge is 0.468 e. The van der Waals surface area contributed by atoms with E-state index in [9.17, 15) is 23.1 Å². The van der Waals surface area contributed by atoms with E-state index in [4.69, 9.17) is 4.74 Å². The van der Waals surface area contributed by atoms with Crippen molar-refractivity contribution in [1.29, 1.82) is 0 Å². The van der Waals surface area contributed by atoms with Crippen LogP contribution >= 0.6 is 0 Å². The average molecular weight is 485 g/mol. The van der Waals surface area contributed by atoms with E-state index >= 15 is 0 Å². The van der Waals surface area contributed by atoms with Crippen LogP contribution in [0, 0.1) is 0 Å². The molecule has 35 heavy (non-hydrogen) atoms. The van der Waals surface area contributed by atoms with Crippen LogP contribution in [-0.2, 0) is 11.2 Å². The summed E-state index contributed by atoms with van der Waals surface area (Å²) in [6.07, 6.45) is -1.39. The lowest BCUT2D eigenvalue weighted by Crippen LogP contribution is -2.39. The van der Waals surface area contributed by atoms with E-state index in [-0.39, 0.29) is 18.0 Å². The summed E-state index contributed by atoms with van der Waals surface area (Å²) in [6.45, 7) is -0.797. The van der Waals surface area contributed by atoms with Gasteiger partial charge < -0.3 is 14.6 Å². The quantitative estimate of drug-likeness (QED) is 0.433. The molecule has 0 aliphatic carbocycles. The van der Waals surface area contributed by atoms with Crippen LogP contribution in [0.1, 0.15) is 23.6 Å². The molecule has 0 unspecified atom stereocenters. The number of benzene rings is 2. The molecule has 1 aliphatic heterocycles. The highest BCUT2D eigenvalue weighted by Gasteiger charge is 2.29. The first kappa shape index (κ1) is 23.3. The zero-order chi connectivity index (χ0) is 24.6. The fourth-order valence-electron chi connectivity index (χ4n) is 4.44. The molecule has 2 aromatic heterocycles. The van der Waals surface area contributed by atoms with Gasteiger partial charge in [0.05, 0.1) is 36.0 Å². The van der Waals surface area contributed by atoms with Gasteiger partial charge in [0.2, 0.25) is 5.88 Å². The Bertz CT molecular complexity index is 1420. The van der Waals surface area contributed by atoms with Gasteiger partial charge in [-0.1, -0.05) is 30.3 Å². The van der Waals surface area contributed by atoms with E-state index in [0.717, 1.165) is 21.9 Å². The number of halogens is 3. The smallest absolute Gasteiger partial charge is 0.422 e. The molecule has 0 spiro atoms. The van der Waals surface area contributed by atoms with Crippen molar-refractivity contribution in [1.82, 2.24) is 14.5 Å². The summed E-state index contributed by atoms with van der Waals surface area (Å²) in [5, 5.41) is 12.5. The summed E-state index contributed by atoms with van der Waals surface area (Å²) in [4.78, 5) is 22.0. The second kappa shape index (κ2) is 9.27. The molecule has 3 heterocycles. The van der Waals surface area contributed by atoms with Crippen LogP contribution in [-0.4, -0.2) is 51.7 Å². The monoisotopic (exact) mass is 485 g/mol. The number of hydrogen-bond acceptors (Lipinski definition) is 6. The van der Waals surface area contributed by atoms with Crippen LogP contribution in [0.2, 0.25) is 0 Å². The number of rotatable bonds is 5. The Kier molecular flexibility index (Phi) is 6.16. The molecule has 0 saturated carbocycles. The predicted molar refractivity (Wildman–Crippen MR) is 123 cm³/mol. The van der Waals surface area contributed by atoms with Gasteiger partial charge in [-0.05, 0) is 35.4 Å². The molecule has 0 amide bonds. The summed E-state index contributed by atoms with van der Waals surface area (Å²) in [5.41, 5.74) is 1.92. The highest BCUT2D eigenvalue weighted by Crippen LogP contribution is 2.29. The Morgan fingerprint density at radius 3 is 2.63 bits per heavy atom. The Hall–Kier alpha value is -3.50. The Labute approximate surface area is 197 Å². The third-order valence-electron chi connectivity index (χ3n) is 6.10. The Morgan fingerprint density at radius 1 is 1.11 bits per heavy atom. The predicted octanol–water partition coefficient (Wildman–Crippen LogP) is 3.80. The third-order valence-corrected chi connectivity index (χ3v) is 6.10. The molecule has 2 atom stereocenters. The fourth-order valence-corrected chi connectivity index (χ4v) is 4.44. The molecule has 1 aliphatic rings. The van der Waals surface area contributed by atoms with Crippen LogP contribution in [0.25, 0.3) is 21.7 Å². The first-order valence-electron chi connectivity index (χ1n) is 11.1. The number of alkyl halides is 3. The third kappa shape index (κ3) is 4.85. The number of ether oxygens (including phenoxy) is 2. The van der Waals surface area contributed by atoms with E-state index in [1.54, 1.807) is 12.1 Å². The summed E-state index contributed by atoms with van der Waals surface area (Å²) in [5.74, 6) is -0.114. The summed E-state index contributed by atoms with van der Waals surface area (Å²) in [7, 11) is 0. The maximum absolute atomic E-state index is 13.5. The maximum atomic E-state index is 13.5. The normalized spacial score (nSPS) is 18.7. The van der Waals surface area contributed by atoms with E-state index in [0.29, 0.717) is 30.4 Å². The Balaban J connectivity index is 1.53.